The molecule has 0 aromatic heterocycles. The van der Waals surface area contributed by atoms with Crippen LogP contribution in [0.1, 0.15) is 57.8 Å². The Morgan fingerprint density at radius 3 is 2.33 bits per heavy atom. The van der Waals surface area contributed by atoms with Crippen LogP contribution in [-0.2, 0) is 4.79 Å². The number of nitriles is 1. The predicted molar refractivity (Wildman–Crippen MR) is 81.5 cm³/mol. The van der Waals surface area contributed by atoms with E-state index in [1.807, 2.05) is 0 Å². The zero-order valence-corrected chi connectivity index (χ0v) is 13.2. The van der Waals surface area contributed by atoms with Crippen molar-refractivity contribution in [2.75, 3.05) is 20.1 Å². The summed E-state index contributed by atoms with van der Waals surface area (Å²) in [7, 11) is 2.18. The number of amides is 1. The lowest BCUT2D eigenvalue weighted by atomic mass is 9.74. The molecule has 0 aromatic carbocycles. The molecule has 4 heteroatoms. The van der Waals surface area contributed by atoms with Gasteiger partial charge in [0.2, 0.25) is 5.91 Å². The average molecular weight is 289 g/mol. The van der Waals surface area contributed by atoms with Crippen molar-refractivity contribution in [2.24, 2.45) is 5.41 Å². The maximum atomic E-state index is 13.1. The van der Waals surface area contributed by atoms with Crippen LogP contribution in [0.3, 0.4) is 0 Å². The Kier molecular flexibility index (Phi) is 4.21. The fourth-order valence-electron chi connectivity index (χ4n) is 4.67. The molecule has 1 saturated carbocycles. The van der Waals surface area contributed by atoms with Crippen molar-refractivity contribution in [1.82, 2.24) is 9.80 Å². The second-order valence-corrected chi connectivity index (χ2v) is 7.15. The lowest BCUT2D eigenvalue weighted by molar-refractivity contribution is -0.142. The molecule has 0 spiro atoms. The molecule has 0 unspecified atom stereocenters. The van der Waals surface area contributed by atoms with Crippen LogP contribution in [0.5, 0.6) is 0 Å². The Bertz CT molecular complexity index is 436. The van der Waals surface area contributed by atoms with Crippen LogP contribution in [0.2, 0.25) is 0 Å². The Morgan fingerprint density at radius 1 is 1.05 bits per heavy atom. The number of likely N-dealkylation sites (N-methyl/N-ethyl adjacent to an activating group) is 1. The zero-order valence-electron chi connectivity index (χ0n) is 13.2. The Morgan fingerprint density at radius 2 is 1.71 bits per heavy atom. The van der Waals surface area contributed by atoms with Gasteiger partial charge >= 0.3 is 0 Å². The molecule has 0 aromatic rings. The van der Waals surface area contributed by atoms with Gasteiger partial charge in [-0.3, -0.25) is 4.79 Å². The van der Waals surface area contributed by atoms with Crippen molar-refractivity contribution in [3.63, 3.8) is 0 Å². The molecule has 3 aliphatic rings. The molecule has 4 nitrogen and oxygen atoms in total. The Hall–Kier alpha value is -1.08. The average Bonchev–Trinajstić information content (AvgIpc) is 3.15. The van der Waals surface area contributed by atoms with Gasteiger partial charge in [0.25, 0.3) is 0 Å². The van der Waals surface area contributed by atoms with Crippen molar-refractivity contribution in [3.8, 4) is 6.07 Å². The van der Waals surface area contributed by atoms with Crippen LogP contribution in [0.15, 0.2) is 0 Å². The number of hydrogen-bond acceptors (Lipinski definition) is 3. The van der Waals surface area contributed by atoms with E-state index in [0.717, 1.165) is 51.6 Å². The Labute approximate surface area is 128 Å². The van der Waals surface area contributed by atoms with E-state index >= 15 is 0 Å². The summed E-state index contributed by atoms with van der Waals surface area (Å²) in [5.41, 5.74) is -0.710. The molecule has 116 valence electrons. The monoisotopic (exact) mass is 289 g/mol. The molecule has 1 amide bonds. The van der Waals surface area contributed by atoms with Crippen molar-refractivity contribution >= 4 is 5.91 Å². The summed E-state index contributed by atoms with van der Waals surface area (Å²) in [5, 5.41) is 9.67. The molecule has 2 saturated heterocycles. The van der Waals surface area contributed by atoms with Gasteiger partial charge in [-0.15, -0.1) is 0 Å². The van der Waals surface area contributed by atoms with Gasteiger partial charge < -0.3 is 9.80 Å². The highest BCUT2D eigenvalue weighted by Crippen LogP contribution is 2.40. The highest BCUT2D eigenvalue weighted by molar-refractivity contribution is 5.86. The minimum absolute atomic E-state index is 0.146. The molecule has 0 bridgehead atoms. The predicted octanol–water partition coefficient (Wildman–Crippen LogP) is 2.55. The highest BCUT2D eigenvalue weighted by Gasteiger charge is 2.47. The van der Waals surface area contributed by atoms with Gasteiger partial charge in [0, 0.05) is 18.6 Å². The number of carbonyl (C=O) groups is 1. The van der Waals surface area contributed by atoms with Gasteiger partial charge in [0.1, 0.15) is 5.41 Å². The maximum absolute atomic E-state index is 13.1. The molecule has 1 aliphatic carbocycles. The van der Waals surface area contributed by atoms with E-state index in [1.54, 1.807) is 0 Å². The largest absolute Gasteiger partial charge is 0.337 e. The van der Waals surface area contributed by atoms with Crippen molar-refractivity contribution in [3.05, 3.63) is 0 Å². The highest BCUT2D eigenvalue weighted by atomic mass is 16.2. The number of nitrogens with zero attached hydrogens (tertiary/aromatic N) is 3. The summed E-state index contributed by atoms with van der Waals surface area (Å²) >= 11 is 0. The lowest BCUT2D eigenvalue weighted by Gasteiger charge is -2.39. The first-order valence-corrected chi connectivity index (χ1v) is 8.60. The van der Waals surface area contributed by atoms with Crippen LogP contribution >= 0.6 is 0 Å². The van der Waals surface area contributed by atoms with Crippen LogP contribution < -0.4 is 0 Å². The number of hydrogen-bond donors (Lipinski definition) is 0. The van der Waals surface area contributed by atoms with E-state index in [2.05, 4.69) is 22.9 Å². The smallest absolute Gasteiger partial charge is 0.243 e. The van der Waals surface area contributed by atoms with Crippen LogP contribution in [0.4, 0.5) is 0 Å². The zero-order chi connectivity index (χ0) is 14.9. The lowest BCUT2D eigenvalue weighted by Crippen LogP contribution is -2.52. The van der Waals surface area contributed by atoms with E-state index in [-0.39, 0.29) is 5.91 Å². The third-order valence-corrected chi connectivity index (χ3v) is 5.91. The summed E-state index contributed by atoms with van der Waals surface area (Å²) in [6, 6.07) is 3.27. The van der Waals surface area contributed by atoms with E-state index < -0.39 is 5.41 Å². The van der Waals surface area contributed by atoms with Gasteiger partial charge in [0.05, 0.1) is 6.07 Å². The maximum Gasteiger partial charge on any atom is 0.243 e. The molecule has 2 heterocycles. The summed E-state index contributed by atoms with van der Waals surface area (Å²) in [6.45, 7) is 2.00. The molecule has 2 atom stereocenters. The number of likely N-dealkylation sites (tertiary alicyclic amines) is 2. The van der Waals surface area contributed by atoms with E-state index in [1.165, 1.54) is 19.3 Å². The summed E-state index contributed by atoms with van der Waals surface area (Å²) in [5.74, 6) is 0.146. The van der Waals surface area contributed by atoms with Crippen LogP contribution in [0, 0.1) is 16.7 Å². The van der Waals surface area contributed by atoms with Gasteiger partial charge in [-0.25, -0.2) is 0 Å². The number of carbonyl (C=O) groups excluding carboxylic acids is 1. The second kappa shape index (κ2) is 5.96. The van der Waals surface area contributed by atoms with Gasteiger partial charge in [-0.05, 0) is 52.1 Å². The normalized spacial score (nSPS) is 33.0. The van der Waals surface area contributed by atoms with Crippen molar-refractivity contribution in [2.45, 2.75) is 69.9 Å². The van der Waals surface area contributed by atoms with Crippen molar-refractivity contribution in [1.29, 1.82) is 5.26 Å². The molecular weight excluding hydrogens is 262 g/mol. The van der Waals surface area contributed by atoms with Gasteiger partial charge in [0.15, 0.2) is 0 Å². The van der Waals surface area contributed by atoms with E-state index in [0.29, 0.717) is 12.1 Å². The molecule has 3 rings (SSSR count). The SMILES string of the molecule is CN1CCC[C@@H]1[C@H]1CCCN1C(=O)C1(C#N)CCCCC1. The summed E-state index contributed by atoms with van der Waals surface area (Å²) < 4.78 is 0. The fraction of sp³-hybridized carbons (Fsp3) is 0.882. The summed E-state index contributed by atoms with van der Waals surface area (Å²) in [4.78, 5) is 17.6. The first-order valence-electron chi connectivity index (χ1n) is 8.60. The Balaban J connectivity index is 1.78. The molecule has 0 N–H and O–H groups in total. The minimum Gasteiger partial charge on any atom is -0.337 e. The quantitative estimate of drug-likeness (QED) is 0.785. The number of rotatable bonds is 2. The first kappa shape index (κ1) is 14.8. The molecule has 2 aliphatic heterocycles. The molecule has 0 radical (unpaired) electrons. The topological polar surface area (TPSA) is 47.3 Å². The summed E-state index contributed by atoms with van der Waals surface area (Å²) in [6.07, 6.45) is 9.42. The molecule has 21 heavy (non-hydrogen) atoms. The third-order valence-electron chi connectivity index (χ3n) is 5.91. The second-order valence-electron chi connectivity index (χ2n) is 7.15. The van der Waals surface area contributed by atoms with Gasteiger partial charge in [-0.1, -0.05) is 19.3 Å². The van der Waals surface area contributed by atoms with Crippen LogP contribution in [-0.4, -0.2) is 47.9 Å². The van der Waals surface area contributed by atoms with E-state index in [9.17, 15) is 10.1 Å². The molecule has 3 fully saturated rings. The standard InChI is InChI=1S/C17H27N3O/c1-19-11-5-7-14(19)15-8-6-12-20(15)16(21)17(13-18)9-3-2-4-10-17/h14-15H,2-12H2,1H3/t14-,15-/m1/s1. The first-order chi connectivity index (χ1) is 10.2. The van der Waals surface area contributed by atoms with Gasteiger partial charge in [-0.2, -0.15) is 5.26 Å². The van der Waals surface area contributed by atoms with E-state index in [4.69, 9.17) is 0 Å². The minimum atomic E-state index is -0.710. The molecular formula is C17H27N3O. The third kappa shape index (κ3) is 2.57. The van der Waals surface area contributed by atoms with Crippen molar-refractivity contribution < 1.29 is 4.79 Å². The fourth-order valence-corrected chi connectivity index (χ4v) is 4.67. The van der Waals surface area contributed by atoms with Crippen LogP contribution in [0.25, 0.3) is 0 Å².